The Bertz CT molecular complexity index is 959. The van der Waals surface area contributed by atoms with E-state index in [0.717, 1.165) is 0 Å². The molecule has 1 amide bonds. The molecule has 0 aliphatic carbocycles. The molecule has 0 aromatic heterocycles. The van der Waals surface area contributed by atoms with Crippen LogP contribution in [0.5, 0.6) is 5.75 Å². The van der Waals surface area contributed by atoms with Crippen LogP contribution in [0.1, 0.15) is 36.7 Å². The summed E-state index contributed by atoms with van der Waals surface area (Å²) in [6, 6.07) is 10.3. The van der Waals surface area contributed by atoms with Crippen molar-refractivity contribution in [3.63, 3.8) is 0 Å². The summed E-state index contributed by atoms with van der Waals surface area (Å²) in [5.41, 5.74) is 0.796. The molecule has 0 saturated carbocycles. The van der Waals surface area contributed by atoms with E-state index < -0.39 is 10.0 Å². The summed E-state index contributed by atoms with van der Waals surface area (Å²) in [6.07, 6.45) is 0. The molecule has 2 rings (SSSR count). The summed E-state index contributed by atoms with van der Waals surface area (Å²) < 4.78 is 45.8. The lowest BCUT2D eigenvalue weighted by Gasteiger charge is -2.23. The van der Waals surface area contributed by atoms with Gasteiger partial charge in [-0.2, -0.15) is 4.31 Å². The van der Waals surface area contributed by atoms with Crippen molar-refractivity contribution in [2.75, 3.05) is 26.7 Å². The quantitative estimate of drug-likeness (QED) is 0.620. The lowest BCUT2D eigenvalue weighted by Crippen LogP contribution is -2.32. The monoisotopic (exact) mass is 422 g/mol. The third kappa shape index (κ3) is 5.13. The van der Waals surface area contributed by atoms with Crippen LogP contribution in [0.2, 0.25) is 0 Å². The predicted octanol–water partition coefficient (Wildman–Crippen LogP) is 3.53. The van der Waals surface area contributed by atoms with Gasteiger partial charge in [0.05, 0.1) is 17.6 Å². The summed E-state index contributed by atoms with van der Waals surface area (Å²) >= 11 is 0. The Labute approximate surface area is 171 Å². The molecule has 0 aliphatic rings. The van der Waals surface area contributed by atoms with Gasteiger partial charge in [-0.15, -0.1) is 0 Å². The molecule has 29 heavy (non-hydrogen) atoms. The van der Waals surface area contributed by atoms with Gasteiger partial charge in [-0.25, -0.2) is 12.8 Å². The van der Waals surface area contributed by atoms with E-state index >= 15 is 0 Å². The molecule has 0 fully saturated rings. The Morgan fingerprint density at radius 2 is 1.72 bits per heavy atom. The number of sulfonamides is 1. The molecule has 6 nitrogen and oxygen atoms in total. The number of nitrogens with zero attached hydrogens (tertiary/aromatic N) is 2. The maximum absolute atomic E-state index is 13.5. The normalized spacial score (nSPS) is 11.5. The molecule has 2 aromatic carbocycles. The second-order valence-corrected chi connectivity index (χ2v) is 8.34. The van der Waals surface area contributed by atoms with Crippen LogP contribution >= 0.6 is 0 Å². The highest BCUT2D eigenvalue weighted by molar-refractivity contribution is 7.89. The molecule has 0 radical (unpaired) electrons. The van der Waals surface area contributed by atoms with Gasteiger partial charge in [0, 0.05) is 26.2 Å². The number of halogens is 1. The van der Waals surface area contributed by atoms with Crippen LogP contribution in [-0.2, 0) is 16.6 Å². The van der Waals surface area contributed by atoms with Crippen molar-refractivity contribution < 1.29 is 22.3 Å². The van der Waals surface area contributed by atoms with Gasteiger partial charge in [-0.3, -0.25) is 4.79 Å². The number of hydrogen-bond acceptors (Lipinski definition) is 4. The number of carbonyl (C=O) groups is 1. The van der Waals surface area contributed by atoms with Gasteiger partial charge in [-0.05, 0) is 42.8 Å². The molecule has 8 heteroatoms. The third-order valence-corrected chi connectivity index (χ3v) is 6.72. The molecule has 0 heterocycles. The van der Waals surface area contributed by atoms with Crippen LogP contribution in [0.4, 0.5) is 4.39 Å². The van der Waals surface area contributed by atoms with E-state index in [2.05, 4.69) is 0 Å². The number of rotatable bonds is 9. The fourth-order valence-corrected chi connectivity index (χ4v) is 4.57. The molecule has 0 atom stereocenters. The number of carbonyl (C=O) groups excluding carboxylic acids is 1. The van der Waals surface area contributed by atoms with E-state index in [9.17, 15) is 17.6 Å². The number of amides is 1. The SMILES string of the molecule is CCN(Cc1cccc(F)c1)C(=O)c1cc(S(=O)(=O)N(CC)CC)ccc1OC. The number of benzene rings is 2. The summed E-state index contributed by atoms with van der Waals surface area (Å²) in [6.45, 7) is 6.54. The Hall–Kier alpha value is -2.45. The summed E-state index contributed by atoms with van der Waals surface area (Å²) in [5.74, 6) is -0.479. The van der Waals surface area contributed by atoms with E-state index in [0.29, 0.717) is 25.2 Å². The van der Waals surface area contributed by atoms with Crippen molar-refractivity contribution in [3.8, 4) is 5.75 Å². The fourth-order valence-electron chi connectivity index (χ4n) is 3.08. The first-order chi connectivity index (χ1) is 13.8. The molecule has 0 N–H and O–H groups in total. The van der Waals surface area contributed by atoms with Crippen molar-refractivity contribution in [1.29, 1.82) is 0 Å². The number of methoxy groups -OCH3 is 1. The molecular weight excluding hydrogens is 395 g/mol. The highest BCUT2D eigenvalue weighted by Crippen LogP contribution is 2.26. The maximum Gasteiger partial charge on any atom is 0.257 e. The summed E-state index contributed by atoms with van der Waals surface area (Å²) in [7, 11) is -2.30. The summed E-state index contributed by atoms with van der Waals surface area (Å²) in [4.78, 5) is 14.7. The maximum atomic E-state index is 13.5. The van der Waals surface area contributed by atoms with Crippen LogP contribution in [0.15, 0.2) is 47.4 Å². The topological polar surface area (TPSA) is 66.9 Å². The average molecular weight is 423 g/mol. The minimum absolute atomic E-state index is 0.0344. The first-order valence-corrected chi connectivity index (χ1v) is 10.9. The lowest BCUT2D eigenvalue weighted by atomic mass is 10.1. The Morgan fingerprint density at radius 3 is 2.28 bits per heavy atom. The fraction of sp³-hybridized carbons (Fsp3) is 0.381. The standard InChI is InChI=1S/C21H27FN2O4S/c1-5-23(15-16-9-8-10-17(22)13-16)21(25)19-14-18(11-12-20(19)28-4)29(26,27)24(6-2)7-3/h8-14H,5-7,15H2,1-4H3. The second kappa shape index (κ2) is 9.84. The molecule has 0 saturated heterocycles. The highest BCUT2D eigenvalue weighted by atomic mass is 32.2. The molecular formula is C21H27FN2O4S. The smallest absolute Gasteiger partial charge is 0.257 e. The van der Waals surface area contributed by atoms with Crippen molar-refractivity contribution in [3.05, 3.63) is 59.4 Å². The zero-order chi connectivity index (χ0) is 21.6. The van der Waals surface area contributed by atoms with Gasteiger partial charge in [0.1, 0.15) is 11.6 Å². The van der Waals surface area contributed by atoms with Crippen LogP contribution in [-0.4, -0.2) is 50.3 Å². The number of hydrogen-bond donors (Lipinski definition) is 0. The van der Waals surface area contributed by atoms with Gasteiger partial charge in [0.15, 0.2) is 0 Å². The minimum atomic E-state index is -3.72. The van der Waals surface area contributed by atoms with Gasteiger partial charge in [0.2, 0.25) is 10.0 Å². The molecule has 0 unspecified atom stereocenters. The van der Waals surface area contributed by atoms with Crippen molar-refractivity contribution >= 4 is 15.9 Å². The van der Waals surface area contributed by atoms with E-state index in [1.807, 2.05) is 0 Å². The van der Waals surface area contributed by atoms with Crippen LogP contribution in [0.25, 0.3) is 0 Å². The highest BCUT2D eigenvalue weighted by Gasteiger charge is 2.26. The van der Waals surface area contributed by atoms with Crippen LogP contribution in [0.3, 0.4) is 0 Å². The van der Waals surface area contributed by atoms with Crippen molar-refractivity contribution in [1.82, 2.24) is 9.21 Å². The van der Waals surface area contributed by atoms with E-state index in [1.165, 1.54) is 46.6 Å². The predicted molar refractivity (Wildman–Crippen MR) is 110 cm³/mol. The first kappa shape index (κ1) is 22.8. The molecule has 0 spiro atoms. The van der Waals surface area contributed by atoms with E-state index in [-0.39, 0.29) is 34.5 Å². The molecule has 0 bridgehead atoms. The Balaban J connectivity index is 2.44. The van der Waals surface area contributed by atoms with E-state index in [4.69, 9.17) is 4.74 Å². The van der Waals surface area contributed by atoms with Gasteiger partial charge in [0.25, 0.3) is 5.91 Å². The minimum Gasteiger partial charge on any atom is -0.496 e. The lowest BCUT2D eigenvalue weighted by molar-refractivity contribution is 0.0748. The zero-order valence-corrected chi connectivity index (χ0v) is 18.0. The van der Waals surface area contributed by atoms with Crippen LogP contribution < -0.4 is 4.74 Å². The van der Waals surface area contributed by atoms with Gasteiger partial charge >= 0.3 is 0 Å². The zero-order valence-electron chi connectivity index (χ0n) is 17.2. The summed E-state index contributed by atoms with van der Waals surface area (Å²) in [5, 5.41) is 0. The largest absolute Gasteiger partial charge is 0.496 e. The number of ether oxygens (including phenoxy) is 1. The third-order valence-electron chi connectivity index (χ3n) is 4.68. The molecule has 0 aliphatic heterocycles. The molecule has 158 valence electrons. The van der Waals surface area contributed by atoms with Crippen LogP contribution in [0, 0.1) is 5.82 Å². The molecule has 2 aromatic rings. The average Bonchev–Trinajstić information content (AvgIpc) is 2.71. The van der Waals surface area contributed by atoms with Crippen molar-refractivity contribution in [2.45, 2.75) is 32.2 Å². The van der Waals surface area contributed by atoms with Gasteiger partial charge in [-0.1, -0.05) is 26.0 Å². The Kier molecular flexibility index (Phi) is 7.75. The van der Waals surface area contributed by atoms with Gasteiger partial charge < -0.3 is 9.64 Å². The van der Waals surface area contributed by atoms with E-state index in [1.54, 1.807) is 32.9 Å². The van der Waals surface area contributed by atoms with Crippen molar-refractivity contribution in [2.24, 2.45) is 0 Å². The first-order valence-electron chi connectivity index (χ1n) is 9.50. The second-order valence-electron chi connectivity index (χ2n) is 6.40. The Morgan fingerprint density at radius 1 is 1.03 bits per heavy atom.